The van der Waals surface area contributed by atoms with Crippen LogP contribution < -0.4 is 5.32 Å². The minimum atomic E-state index is -0.265. The number of carbonyl (C=O) groups excluding carboxylic acids is 2. The number of hydrogen-bond donors (Lipinski definition) is 1. The van der Waals surface area contributed by atoms with Crippen molar-refractivity contribution >= 4 is 11.9 Å². The fourth-order valence-corrected chi connectivity index (χ4v) is 3.12. The molecule has 0 aliphatic carbocycles. The number of likely N-dealkylation sites (N-methyl/N-ethyl adjacent to an activating group) is 1. The van der Waals surface area contributed by atoms with E-state index in [2.05, 4.69) is 10.3 Å². The molecule has 0 radical (unpaired) electrons. The Balaban J connectivity index is 1.41. The zero-order valence-electron chi connectivity index (χ0n) is 12.7. The van der Waals surface area contributed by atoms with Gasteiger partial charge in [-0.1, -0.05) is 0 Å². The van der Waals surface area contributed by atoms with Gasteiger partial charge in [0.25, 0.3) is 5.91 Å². The molecule has 3 amide bonds. The highest BCUT2D eigenvalue weighted by Gasteiger charge is 2.53. The van der Waals surface area contributed by atoms with Crippen LogP contribution in [0.3, 0.4) is 0 Å². The van der Waals surface area contributed by atoms with E-state index in [-0.39, 0.29) is 17.5 Å². The number of carbonyl (C=O) groups is 2. The fourth-order valence-electron chi connectivity index (χ4n) is 3.12. The molecule has 0 saturated carbocycles. The molecule has 4 rings (SSSR count). The van der Waals surface area contributed by atoms with Crippen molar-refractivity contribution in [2.45, 2.75) is 12.1 Å². The van der Waals surface area contributed by atoms with E-state index in [1.807, 2.05) is 10.8 Å². The summed E-state index contributed by atoms with van der Waals surface area (Å²) >= 11 is 0. The first-order chi connectivity index (χ1) is 11.1. The average Bonchev–Trinajstić information content (AvgIpc) is 3.21. The van der Waals surface area contributed by atoms with Crippen LogP contribution in [-0.2, 0) is 6.54 Å². The largest absolute Gasteiger partial charge is 0.454 e. The van der Waals surface area contributed by atoms with E-state index in [9.17, 15) is 9.59 Å². The standard InChI is InChI=1S/C15H17N5O3/c1-18-14(22)17-7-15(18)8-20(9-15)13(21)12-3-2-11(23-12)6-19-5-4-16-10-19/h2-5,10H,6-9H2,1H3,(H,17,22). The van der Waals surface area contributed by atoms with Crippen molar-refractivity contribution in [2.75, 3.05) is 26.7 Å². The number of urea groups is 1. The number of nitrogens with one attached hydrogen (secondary N) is 1. The predicted octanol–water partition coefficient (Wildman–Crippen LogP) is 0.374. The SMILES string of the molecule is CN1C(=O)NCC12CN(C(=O)c1ccc(Cn3ccnc3)o1)C2. The van der Waals surface area contributed by atoms with Gasteiger partial charge in [-0.3, -0.25) is 4.79 Å². The molecule has 0 atom stereocenters. The number of nitrogens with zero attached hydrogens (tertiary/aromatic N) is 4. The second kappa shape index (κ2) is 4.87. The third-order valence-electron chi connectivity index (χ3n) is 4.61. The van der Waals surface area contributed by atoms with Crippen molar-refractivity contribution < 1.29 is 14.0 Å². The number of likely N-dealkylation sites (tertiary alicyclic amines) is 1. The van der Waals surface area contributed by atoms with Gasteiger partial charge in [-0.05, 0) is 12.1 Å². The van der Waals surface area contributed by atoms with E-state index in [1.54, 1.807) is 41.5 Å². The van der Waals surface area contributed by atoms with Crippen LogP contribution in [-0.4, -0.2) is 63.5 Å². The maximum Gasteiger partial charge on any atom is 0.317 e. The number of amides is 3. The summed E-state index contributed by atoms with van der Waals surface area (Å²) in [7, 11) is 1.76. The summed E-state index contributed by atoms with van der Waals surface area (Å²) in [6, 6.07) is 3.41. The van der Waals surface area contributed by atoms with Gasteiger partial charge >= 0.3 is 6.03 Å². The van der Waals surface area contributed by atoms with Gasteiger partial charge in [0.2, 0.25) is 0 Å². The maximum absolute atomic E-state index is 12.5. The van der Waals surface area contributed by atoms with E-state index < -0.39 is 0 Å². The molecule has 2 saturated heterocycles. The Morgan fingerprint density at radius 2 is 2.26 bits per heavy atom. The van der Waals surface area contributed by atoms with Crippen LogP contribution in [0.1, 0.15) is 16.3 Å². The van der Waals surface area contributed by atoms with Gasteiger partial charge in [0.05, 0.1) is 18.4 Å². The van der Waals surface area contributed by atoms with Crippen LogP contribution in [0.15, 0.2) is 35.3 Å². The molecule has 2 aromatic rings. The Bertz CT molecular complexity index is 745. The van der Waals surface area contributed by atoms with Crippen LogP contribution in [0.2, 0.25) is 0 Å². The van der Waals surface area contributed by atoms with Gasteiger partial charge in [-0.2, -0.15) is 0 Å². The van der Waals surface area contributed by atoms with Crippen molar-refractivity contribution in [1.82, 2.24) is 24.7 Å². The molecule has 120 valence electrons. The van der Waals surface area contributed by atoms with Crippen LogP contribution in [0.25, 0.3) is 0 Å². The average molecular weight is 315 g/mol. The summed E-state index contributed by atoms with van der Waals surface area (Å²) in [6.07, 6.45) is 5.23. The highest BCUT2D eigenvalue weighted by molar-refractivity contribution is 5.93. The Kier molecular flexibility index (Phi) is 2.93. The van der Waals surface area contributed by atoms with Crippen LogP contribution in [0, 0.1) is 0 Å². The first kappa shape index (κ1) is 13.9. The normalized spacial score (nSPS) is 19.1. The predicted molar refractivity (Wildman–Crippen MR) is 79.8 cm³/mol. The molecular formula is C15H17N5O3. The van der Waals surface area contributed by atoms with Crippen molar-refractivity contribution in [1.29, 1.82) is 0 Å². The summed E-state index contributed by atoms with van der Waals surface area (Å²) in [5.41, 5.74) is -0.265. The van der Waals surface area contributed by atoms with Gasteiger partial charge in [-0.25, -0.2) is 9.78 Å². The second-order valence-electron chi connectivity index (χ2n) is 6.10. The Labute approximate surface area is 132 Å². The first-order valence-corrected chi connectivity index (χ1v) is 7.43. The third-order valence-corrected chi connectivity index (χ3v) is 4.61. The molecule has 2 aliphatic heterocycles. The van der Waals surface area contributed by atoms with Crippen LogP contribution in [0.4, 0.5) is 4.79 Å². The molecule has 2 aliphatic rings. The van der Waals surface area contributed by atoms with Gasteiger partial charge in [0.1, 0.15) is 5.76 Å². The number of hydrogen-bond acceptors (Lipinski definition) is 4. The molecule has 0 unspecified atom stereocenters. The van der Waals surface area contributed by atoms with Crippen molar-refractivity contribution in [2.24, 2.45) is 0 Å². The van der Waals surface area contributed by atoms with E-state index in [0.717, 1.165) is 0 Å². The third kappa shape index (κ3) is 2.18. The summed E-state index contributed by atoms with van der Waals surface area (Å²) < 4.78 is 7.51. The lowest BCUT2D eigenvalue weighted by atomic mass is 9.89. The van der Waals surface area contributed by atoms with Crippen molar-refractivity contribution in [3.8, 4) is 0 Å². The highest BCUT2D eigenvalue weighted by atomic mass is 16.4. The Hall–Kier alpha value is -2.77. The van der Waals surface area contributed by atoms with Gasteiger partial charge in [-0.15, -0.1) is 0 Å². The van der Waals surface area contributed by atoms with Gasteiger partial charge < -0.3 is 24.1 Å². The number of aromatic nitrogens is 2. The van der Waals surface area contributed by atoms with E-state index in [0.29, 0.717) is 37.7 Å². The lowest BCUT2D eigenvalue weighted by molar-refractivity contribution is 0.00553. The summed E-state index contributed by atoms with van der Waals surface area (Å²) in [5, 5.41) is 2.81. The van der Waals surface area contributed by atoms with Crippen molar-refractivity contribution in [3.05, 3.63) is 42.4 Å². The smallest absolute Gasteiger partial charge is 0.317 e. The minimum Gasteiger partial charge on any atom is -0.454 e. The Morgan fingerprint density at radius 3 is 2.91 bits per heavy atom. The molecule has 1 N–H and O–H groups in total. The minimum absolute atomic E-state index is 0.0854. The molecule has 8 nitrogen and oxygen atoms in total. The maximum atomic E-state index is 12.5. The van der Waals surface area contributed by atoms with Crippen LogP contribution >= 0.6 is 0 Å². The molecule has 2 aromatic heterocycles. The summed E-state index contributed by atoms with van der Waals surface area (Å²) in [6.45, 7) is 2.17. The number of imidazole rings is 1. The molecule has 2 fully saturated rings. The zero-order valence-corrected chi connectivity index (χ0v) is 12.7. The zero-order chi connectivity index (χ0) is 16.0. The number of rotatable bonds is 3. The highest BCUT2D eigenvalue weighted by Crippen LogP contribution is 2.31. The summed E-state index contributed by atoms with van der Waals surface area (Å²) in [4.78, 5) is 31.4. The monoisotopic (exact) mass is 315 g/mol. The van der Waals surface area contributed by atoms with E-state index >= 15 is 0 Å². The molecule has 1 spiro atoms. The fraction of sp³-hybridized carbons (Fsp3) is 0.400. The van der Waals surface area contributed by atoms with Crippen LogP contribution in [0.5, 0.6) is 0 Å². The lowest BCUT2D eigenvalue weighted by Crippen LogP contribution is -2.70. The van der Waals surface area contributed by atoms with Crippen molar-refractivity contribution in [3.63, 3.8) is 0 Å². The molecular weight excluding hydrogens is 298 g/mol. The van der Waals surface area contributed by atoms with E-state index in [1.165, 1.54) is 0 Å². The van der Waals surface area contributed by atoms with Gasteiger partial charge in [0.15, 0.2) is 5.76 Å². The lowest BCUT2D eigenvalue weighted by Gasteiger charge is -2.50. The topological polar surface area (TPSA) is 83.6 Å². The summed E-state index contributed by atoms with van der Waals surface area (Å²) in [5.74, 6) is 0.895. The molecule has 8 heteroatoms. The number of furan rings is 1. The Morgan fingerprint density at radius 1 is 1.43 bits per heavy atom. The molecule has 0 aromatic carbocycles. The molecule has 23 heavy (non-hydrogen) atoms. The molecule has 4 heterocycles. The quantitative estimate of drug-likeness (QED) is 0.887. The molecule has 0 bridgehead atoms. The first-order valence-electron chi connectivity index (χ1n) is 7.43. The van der Waals surface area contributed by atoms with Gasteiger partial charge in [0, 0.05) is 39.1 Å². The second-order valence-corrected chi connectivity index (χ2v) is 6.10. The van der Waals surface area contributed by atoms with E-state index in [4.69, 9.17) is 4.42 Å².